The number of carbonyl (C=O) groups excluding carboxylic acids is 1. The van der Waals surface area contributed by atoms with Crippen LogP contribution in [0.2, 0.25) is 0 Å². The van der Waals surface area contributed by atoms with Crippen LogP contribution in [0, 0.1) is 0 Å². The second kappa shape index (κ2) is 42.1. The van der Waals surface area contributed by atoms with E-state index in [1.54, 1.807) is 6.08 Å². The van der Waals surface area contributed by atoms with Crippen molar-refractivity contribution >= 4 is 5.91 Å². The summed E-state index contributed by atoms with van der Waals surface area (Å²) in [6, 6.07) is -0.770. The molecular weight excluding hydrogens is 643 g/mol. The number of unbranched alkanes of at least 4 members (excludes halogenated alkanes) is 25. The summed E-state index contributed by atoms with van der Waals surface area (Å²) in [6.07, 6.45) is 54.0. The summed E-state index contributed by atoms with van der Waals surface area (Å²) >= 11 is 0. The van der Waals surface area contributed by atoms with Gasteiger partial charge in [0, 0.05) is 0 Å². The van der Waals surface area contributed by atoms with Gasteiger partial charge in [0.25, 0.3) is 0 Å². The first-order chi connectivity index (χ1) is 25.5. The smallest absolute Gasteiger partial charge is 0.222 e. The maximum absolute atomic E-state index is 12.4. The topological polar surface area (TPSA) is 89.8 Å². The number of hydrogen-bond donors (Lipinski definition) is 4. The molecule has 0 bridgehead atoms. The normalized spacial score (nSPS) is 14.0. The minimum Gasteiger partial charge on any atom is -0.394 e. The molecule has 0 spiro atoms. The predicted octanol–water partition coefficient (Wildman–Crippen LogP) is 12.9. The molecule has 0 aliphatic rings. The Kier molecular flexibility index (Phi) is 40.7. The Hall–Kier alpha value is -1.69. The van der Waals surface area contributed by atoms with Gasteiger partial charge in [-0.15, -0.1) is 0 Å². The minimum absolute atomic E-state index is 0.00425. The van der Waals surface area contributed by atoms with Crippen LogP contribution in [0.4, 0.5) is 0 Å². The first kappa shape index (κ1) is 50.3. The highest BCUT2D eigenvalue weighted by Crippen LogP contribution is 2.14. The van der Waals surface area contributed by atoms with E-state index in [0.29, 0.717) is 6.42 Å². The molecule has 0 aliphatic carbocycles. The lowest BCUT2D eigenvalue weighted by atomic mass is 10.0. The third-order valence-electron chi connectivity index (χ3n) is 10.1. The van der Waals surface area contributed by atoms with Crippen LogP contribution in [0.15, 0.2) is 48.6 Å². The average molecular weight is 730 g/mol. The fourth-order valence-corrected chi connectivity index (χ4v) is 6.60. The molecule has 0 fully saturated rings. The van der Waals surface area contributed by atoms with Gasteiger partial charge in [0.05, 0.1) is 31.3 Å². The number of rotatable bonds is 40. The van der Waals surface area contributed by atoms with E-state index < -0.39 is 18.2 Å². The van der Waals surface area contributed by atoms with Crippen molar-refractivity contribution < 1.29 is 20.1 Å². The standard InChI is InChI=1S/C47H87NO4/c1-3-5-7-9-11-13-15-17-19-20-21-22-23-24-25-27-29-31-33-35-37-39-41-46(51)45(43-49)48-47(52)42-44(50)40-38-36-34-32-30-28-26-18-16-14-12-10-8-6-4-2/h18,24-26,31,33,39,41,44-46,49-51H,3-17,19-23,27-30,32,34-38,40,42-43H2,1-2H3,(H,48,52)/b25-24+,26-18-,33-31+,41-39+. The fraction of sp³-hybridized carbons (Fsp3) is 0.809. The van der Waals surface area contributed by atoms with E-state index in [1.165, 1.54) is 141 Å². The number of carbonyl (C=O) groups is 1. The highest BCUT2D eigenvalue weighted by atomic mass is 16.3. The van der Waals surface area contributed by atoms with Crippen LogP contribution >= 0.6 is 0 Å². The van der Waals surface area contributed by atoms with Crippen LogP contribution in [0.5, 0.6) is 0 Å². The van der Waals surface area contributed by atoms with E-state index in [2.05, 4.69) is 55.6 Å². The summed E-state index contributed by atoms with van der Waals surface area (Å²) in [5.41, 5.74) is 0. The van der Waals surface area contributed by atoms with Gasteiger partial charge in [0.2, 0.25) is 5.91 Å². The molecule has 0 aromatic carbocycles. The summed E-state index contributed by atoms with van der Waals surface area (Å²) in [6.45, 7) is 4.19. The Morgan fingerprint density at radius 2 is 0.827 bits per heavy atom. The number of hydrogen-bond acceptors (Lipinski definition) is 4. The molecule has 4 N–H and O–H groups in total. The molecule has 0 rings (SSSR count). The Balaban J connectivity index is 3.75. The van der Waals surface area contributed by atoms with Crippen molar-refractivity contribution in [3.8, 4) is 0 Å². The number of allylic oxidation sites excluding steroid dienone is 7. The first-order valence-corrected chi connectivity index (χ1v) is 22.4. The summed E-state index contributed by atoms with van der Waals surface area (Å²) in [5, 5.41) is 33.2. The molecule has 3 atom stereocenters. The van der Waals surface area contributed by atoms with Gasteiger partial charge in [0.1, 0.15) is 0 Å². The van der Waals surface area contributed by atoms with Crippen molar-refractivity contribution in [1.29, 1.82) is 0 Å². The highest BCUT2D eigenvalue weighted by molar-refractivity contribution is 5.76. The second-order valence-corrected chi connectivity index (χ2v) is 15.3. The van der Waals surface area contributed by atoms with E-state index in [4.69, 9.17) is 0 Å². The third-order valence-corrected chi connectivity index (χ3v) is 10.1. The molecule has 3 unspecified atom stereocenters. The van der Waals surface area contributed by atoms with Crippen molar-refractivity contribution in [1.82, 2.24) is 5.32 Å². The van der Waals surface area contributed by atoms with Gasteiger partial charge in [-0.05, 0) is 70.6 Å². The third kappa shape index (κ3) is 38.0. The lowest BCUT2D eigenvalue weighted by Crippen LogP contribution is -2.45. The van der Waals surface area contributed by atoms with Crippen LogP contribution in [0.3, 0.4) is 0 Å². The van der Waals surface area contributed by atoms with Crippen LogP contribution < -0.4 is 5.32 Å². The van der Waals surface area contributed by atoms with E-state index in [1.807, 2.05) is 6.08 Å². The van der Waals surface area contributed by atoms with Crippen molar-refractivity contribution in [3.05, 3.63) is 48.6 Å². The number of amides is 1. The van der Waals surface area contributed by atoms with Crippen LogP contribution in [-0.2, 0) is 4.79 Å². The zero-order valence-corrected chi connectivity index (χ0v) is 34.4. The molecule has 5 heteroatoms. The van der Waals surface area contributed by atoms with Gasteiger partial charge < -0.3 is 20.6 Å². The van der Waals surface area contributed by atoms with Crippen molar-refractivity contribution in [3.63, 3.8) is 0 Å². The van der Waals surface area contributed by atoms with Gasteiger partial charge in [-0.2, -0.15) is 0 Å². The Morgan fingerprint density at radius 3 is 1.23 bits per heavy atom. The molecule has 0 radical (unpaired) electrons. The SMILES string of the molecule is CCCCCCCC/C=C\CCCCCCCC(O)CC(=O)NC(CO)C(O)/C=C/CC/C=C/CC/C=C/CCCCCCCCCCCCCC. The summed E-state index contributed by atoms with van der Waals surface area (Å²) in [5.74, 6) is -0.335. The summed E-state index contributed by atoms with van der Waals surface area (Å²) in [7, 11) is 0. The Labute approximate surface area is 323 Å². The molecule has 0 saturated heterocycles. The van der Waals surface area contributed by atoms with Gasteiger partial charge in [-0.3, -0.25) is 4.79 Å². The summed E-state index contributed by atoms with van der Waals surface area (Å²) < 4.78 is 0. The lowest BCUT2D eigenvalue weighted by Gasteiger charge is -2.20. The molecule has 1 amide bonds. The Morgan fingerprint density at radius 1 is 0.481 bits per heavy atom. The second-order valence-electron chi connectivity index (χ2n) is 15.3. The molecule has 0 heterocycles. The lowest BCUT2D eigenvalue weighted by molar-refractivity contribution is -0.124. The zero-order chi connectivity index (χ0) is 38.0. The zero-order valence-electron chi connectivity index (χ0n) is 34.4. The van der Waals surface area contributed by atoms with Gasteiger partial charge >= 0.3 is 0 Å². The molecule has 0 aliphatic heterocycles. The molecular formula is C47H87NO4. The van der Waals surface area contributed by atoms with Crippen molar-refractivity contribution in [2.75, 3.05) is 6.61 Å². The minimum atomic E-state index is -0.962. The molecule has 52 heavy (non-hydrogen) atoms. The van der Waals surface area contributed by atoms with Crippen molar-refractivity contribution in [2.24, 2.45) is 0 Å². The maximum atomic E-state index is 12.4. The average Bonchev–Trinajstić information content (AvgIpc) is 3.14. The van der Waals surface area contributed by atoms with Crippen LogP contribution in [0.25, 0.3) is 0 Å². The molecule has 0 saturated carbocycles. The fourth-order valence-electron chi connectivity index (χ4n) is 6.60. The van der Waals surface area contributed by atoms with Crippen molar-refractivity contribution in [2.45, 2.75) is 238 Å². The monoisotopic (exact) mass is 730 g/mol. The van der Waals surface area contributed by atoms with Gasteiger partial charge in [0.15, 0.2) is 0 Å². The largest absolute Gasteiger partial charge is 0.394 e. The van der Waals surface area contributed by atoms with Gasteiger partial charge in [-0.1, -0.05) is 191 Å². The predicted molar refractivity (Wildman–Crippen MR) is 227 cm³/mol. The van der Waals surface area contributed by atoms with Crippen LogP contribution in [-0.4, -0.2) is 46.1 Å². The number of nitrogens with one attached hydrogen (secondary N) is 1. The highest BCUT2D eigenvalue weighted by Gasteiger charge is 2.20. The number of aliphatic hydroxyl groups is 3. The molecule has 0 aromatic rings. The molecule has 0 aromatic heterocycles. The van der Waals surface area contributed by atoms with E-state index in [-0.39, 0.29) is 18.9 Å². The first-order valence-electron chi connectivity index (χ1n) is 22.4. The van der Waals surface area contributed by atoms with Gasteiger partial charge in [-0.25, -0.2) is 0 Å². The molecule has 304 valence electrons. The summed E-state index contributed by atoms with van der Waals surface area (Å²) in [4.78, 5) is 12.4. The van der Waals surface area contributed by atoms with E-state index in [9.17, 15) is 20.1 Å². The van der Waals surface area contributed by atoms with E-state index in [0.717, 1.165) is 51.4 Å². The van der Waals surface area contributed by atoms with Crippen LogP contribution in [0.1, 0.15) is 219 Å². The van der Waals surface area contributed by atoms with E-state index >= 15 is 0 Å². The maximum Gasteiger partial charge on any atom is 0.222 e. The number of aliphatic hydroxyl groups excluding tert-OH is 3. The molecule has 5 nitrogen and oxygen atoms in total. The quantitative estimate of drug-likeness (QED) is 0.0373. The Bertz CT molecular complexity index is 850.